The zero-order valence-corrected chi connectivity index (χ0v) is 23.3. The molecule has 0 amide bonds. The molecule has 0 atom stereocenters. The second-order valence-corrected chi connectivity index (χ2v) is 10.5. The number of aromatic nitrogens is 4. The Bertz CT molecular complexity index is 2160. The minimum Gasteiger partial charge on any atom is -0.309 e. The van der Waals surface area contributed by atoms with Crippen molar-refractivity contribution >= 4 is 21.8 Å². The first-order chi connectivity index (χ1) is 21.3. The van der Waals surface area contributed by atoms with Crippen LogP contribution in [0.2, 0.25) is 0 Å². The number of nitrogens with zero attached hydrogens (tertiary/aromatic N) is 4. The minimum atomic E-state index is 0.633. The zero-order valence-electron chi connectivity index (χ0n) is 23.3. The normalized spacial score (nSPS) is 11.3. The van der Waals surface area contributed by atoms with Crippen molar-refractivity contribution in [3.05, 3.63) is 158 Å². The highest BCUT2D eigenvalue weighted by Gasteiger charge is 2.18. The maximum atomic E-state index is 5.10. The van der Waals surface area contributed by atoms with E-state index in [1.807, 2.05) is 42.5 Å². The van der Waals surface area contributed by atoms with E-state index in [1.165, 1.54) is 16.3 Å². The Morgan fingerprint density at radius 1 is 0.326 bits per heavy atom. The molecule has 0 saturated heterocycles. The van der Waals surface area contributed by atoms with Crippen LogP contribution < -0.4 is 0 Å². The molecule has 0 aliphatic heterocycles. The van der Waals surface area contributed by atoms with E-state index in [0.29, 0.717) is 17.5 Å². The summed E-state index contributed by atoms with van der Waals surface area (Å²) in [5.41, 5.74) is 8.47. The van der Waals surface area contributed by atoms with Gasteiger partial charge in [0.15, 0.2) is 17.5 Å². The van der Waals surface area contributed by atoms with E-state index in [9.17, 15) is 0 Å². The van der Waals surface area contributed by atoms with E-state index < -0.39 is 0 Å². The molecule has 43 heavy (non-hydrogen) atoms. The summed E-state index contributed by atoms with van der Waals surface area (Å²) in [5, 5.41) is 2.43. The van der Waals surface area contributed by atoms with Gasteiger partial charge in [-0.25, -0.2) is 15.0 Å². The van der Waals surface area contributed by atoms with E-state index in [2.05, 4.69) is 120 Å². The largest absolute Gasteiger partial charge is 0.309 e. The molecule has 202 valence electrons. The van der Waals surface area contributed by atoms with Gasteiger partial charge >= 0.3 is 0 Å². The molecule has 2 heterocycles. The van der Waals surface area contributed by atoms with Crippen molar-refractivity contribution in [3.8, 4) is 51.0 Å². The van der Waals surface area contributed by atoms with E-state index in [-0.39, 0.29) is 0 Å². The summed E-state index contributed by atoms with van der Waals surface area (Å²) in [5.74, 6) is 1.92. The van der Waals surface area contributed by atoms with E-state index in [4.69, 9.17) is 15.0 Å². The fourth-order valence-electron chi connectivity index (χ4n) is 5.82. The second-order valence-electron chi connectivity index (χ2n) is 10.5. The minimum absolute atomic E-state index is 0.633. The number of hydrogen-bond acceptors (Lipinski definition) is 3. The van der Waals surface area contributed by atoms with E-state index >= 15 is 0 Å². The van der Waals surface area contributed by atoms with Crippen molar-refractivity contribution in [1.29, 1.82) is 0 Å². The predicted octanol–water partition coefficient (Wildman–Crippen LogP) is 9.64. The average molecular weight is 551 g/mol. The molecule has 8 aromatic rings. The van der Waals surface area contributed by atoms with E-state index in [0.717, 1.165) is 39.0 Å². The number of fused-ring (bicyclic) bond motifs is 3. The Balaban J connectivity index is 1.33. The van der Waals surface area contributed by atoms with Gasteiger partial charge in [0.1, 0.15) is 0 Å². The molecule has 0 saturated carbocycles. The first-order valence-electron chi connectivity index (χ1n) is 14.4. The topological polar surface area (TPSA) is 43.6 Å². The van der Waals surface area contributed by atoms with Crippen LogP contribution in [0, 0.1) is 0 Å². The van der Waals surface area contributed by atoms with Gasteiger partial charge in [-0.3, -0.25) is 0 Å². The van der Waals surface area contributed by atoms with Gasteiger partial charge in [-0.1, -0.05) is 133 Å². The van der Waals surface area contributed by atoms with Crippen LogP contribution in [0.15, 0.2) is 158 Å². The lowest BCUT2D eigenvalue weighted by atomic mass is 10.0. The number of rotatable bonds is 5. The molecule has 0 aliphatic carbocycles. The molecule has 4 heteroatoms. The molecule has 2 aromatic heterocycles. The maximum Gasteiger partial charge on any atom is 0.166 e. The van der Waals surface area contributed by atoms with Crippen molar-refractivity contribution in [1.82, 2.24) is 19.5 Å². The Hall–Kier alpha value is -5.87. The Labute approximate surface area is 249 Å². The second kappa shape index (κ2) is 10.5. The lowest BCUT2D eigenvalue weighted by Crippen LogP contribution is -2.03. The van der Waals surface area contributed by atoms with Crippen molar-refractivity contribution in [2.45, 2.75) is 0 Å². The smallest absolute Gasteiger partial charge is 0.166 e. The highest BCUT2D eigenvalue weighted by atomic mass is 15.1. The lowest BCUT2D eigenvalue weighted by Gasteiger charge is -2.14. The molecule has 0 N–H and O–H groups in total. The van der Waals surface area contributed by atoms with Crippen molar-refractivity contribution < 1.29 is 0 Å². The van der Waals surface area contributed by atoms with Gasteiger partial charge in [-0.2, -0.15) is 0 Å². The molecular formula is C39H26N4. The van der Waals surface area contributed by atoms with Crippen molar-refractivity contribution in [2.75, 3.05) is 0 Å². The molecule has 6 aromatic carbocycles. The molecule has 0 radical (unpaired) electrons. The molecule has 0 spiro atoms. The third kappa shape index (κ3) is 4.46. The number of benzene rings is 6. The van der Waals surface area contributed by atoms with Gasteiger partial charge in [0, 0.05) is 27.5 Å². The van der Waals surface area contributed by atoms with Crippen LogP contribution in [0.4, 0.5) is 0 Å². The summed E-state index contributed by atoms with van der Waals surface area (Å²) in [6.45, 7) is 0. The van der Waals surface area contributed by atoms with Crippen LogP contribution >= 0.6 is 0 Å². The molecule has 4 nitrogen and oxygen atoms in total. The van der Waals surface area contributed by atoms with Crippen LogP contribution in [0.1, 0.15) is 0 Å². The number of hydrogen-bond donors (Lipinski definition) is 0. The highest BCUT2D eigenvalue weighted by molar-refractivity contribution is 6.09. The third-order valence-electron chi connectivity index (χ3n) is 7.88. The van der Waals surface area contributed by atoms with Crippen LogP contribution in [0.25, 0.3) is 72.8 Å². The fourth-order valence-corrected chi connectivity index (χ4v) is 5.82. The quantitative estimate of drug-likeness (QED) is 0.214. The molecular weight excluding hydrogens is 524 g/mol. The molecule has 0 aliphatic rings. The van der Waals surface area contributed by atoms with Gasteiger partial charge in [0.2, 0.25) is 0 Å². The monoisotopic (exact) mass is 550 g/mol. The maximum absolute atomic E-state index is 5.10. The third-order valence-corrected chi connectivity index (χ3v) is 7.88. The van der Waals surface area contributed by atoms with Crippen molar-refractivity contribution in [2.24, 2.45) is 0 Å². The highest BCUT2D eigenvalue weighted by Crippen LogP contribution is 2.36. The van der Waals surface area contributed by atoms with Gasteiger partial charge in [-0.05, 0) is 35.4 Å². The van der Waals surface area contributed by atoms with Crippen LogP contribution in [-0.4, -0.2) is 19.5 Å². The van der Waals surface area contributed by atoms with Gasteiger partial charge in [-0.15, -0.1) is 0 Å². The van der Waals surface area contributed by atoms with Crippen LogP contribution in [0.5, 0.6) is 0 Å². The summed E-state index contributed by atoms with van der Waals surface area (Å²) in [6.07, 6.45) is 0. The van der Waals surface area contributed by atoms with Crippen LogP contribution in [-0.2, 0) is 0 Å². The van der Waals surface area contributed by atoms with E-state index in [1.54, 1.807) is 0 Å². The number of para-hydroxylation sites is 3. The standard InChI is InChI=1S/C39H26N4/c1-3-13-27(14-4-1)28-23-25-30(26-24-28)38-40-37(29-15-5-2-6-16-29)41-39(42-38)33-19-9-12-22-36(33)43-34-20-10-7-17-31(34)32-18-8-11-21-35(32)43/h1-26H. The molecule has 8 rings (SSSR count). The molecule has 0 unspecified atom stereocenters. The summed E-state index contributed by atoms with van der Waals surface area (Å²) in [6, 6.07) is 54.4. The van der Waals surface area contributed by atoms with Crippen molar-refractivity contribution in [3.63, 3.8) is 0 Å². The Morgan fingerprint density at radius 3 is 1.37 bits per heavy atom. The van der Waals surface area contributed by atoms with Gasteiger partial charge in [0.25, 0.3) is 0 Å². The SMILES string of the molecule is c1ccc(-c2ccc(-c3nc(-c4ccccc4)nc(-c4ccccc4-n4c5ccccc5c5ccccc54)n3)cc2)cc1. The first-order valence-corrected chi connectivity index (χ1v) is 14.4. The fraction of sp³-hybridized carbons (Fsp3) is 0. The summed E-state index contributed by atoms with van der Waals surface area (Å²) in [4.78, 5) is 15.1. The Morgan fingerprint density at radius 2 is 0.744 bits per heavy atom. The summed E-state index contributed by atoms with van der Waals surface area (Å²) < 4.78 is 2.32. The predicted molar refractivity (Wildman–Crippen MR) is 176 cm³/mol. The summed E-state index contributed by atoms with van der Waals surface area (Å²) in [7, 11) is 0. The Kier molecular flexibility index (Phi) is 6.08. The molecule has 0 fully saturated rings. The van der Waals surface area contributed by atoms with Crippen LogP contribution in [0.3, 0.4) is 0 Å². The van der Waals surface area contributed by atoms with Gasteiger partial charge in [0.05, 0.1) is 16.7 Å². The zero-order chi connectivity index (χ0) is 28.6. The first kappa shape index (κ1) is 24.9. The lowest BCUT2D eigenvalue weighted by molar-refractivity contribution is 1.06. The summed E-state index contributed by atoms with van der Waals surface area (Å²) >= 11 is 0. The average Bonchev–Trinajstić information content (AvgIpc) is 3.43. The van der Waals surface area contributed by atoms with Gasteiger partial charge < -0.3 is 4.57 Å². The molecule has 0 bridgehead atoms.